The molecule has 0 radical (unpaired) electrons. The van der Waals surface area contributed by atoms with Crippen molar-refractivity contribution in [3.05, 3.63) is 48.6 Å². The van der Waals surface area contributed by atoms with Crippen LogP contribution in [0.1, 0.15) is 194 Å². The molecule has 4 nitrogen and oxygen atoms in total. The number of amides is 1. The fourth-order valence-electron chi connectivity index (χ4n) is 5.71. The van der Waals surface area contributed by atoms with Crippen molar-refractivity contribution in [3.63, 3.8) is 0 Å². The highest BCUT2D eigenvalue weighted by Gasteiger charge is 2.17. The van der Waals surface area contributed by atoms with Crippen LogP contribution in [0, 0.1) is 0 Å². The SMILES string of the molecule is CCCCC/C=C/C(O)C(CO)NC(=O)CCCCCCCCCCCCCCCC/C=C\C/C=C\C/C=C\CCCCCCC. The van der Waals surface area contributed by atoms with Crippen LogP contribution in [0.2, 0.25) is 0 Å². The number of aliphatic hydroxyl groups is 2. The van der Waals surface area contributed by atoms with Gasteiger partial charge in [0, 0.05) is 6.42 Å². The van der Waals surface area contributed by atoms with E-state index in [1.165, 1.54) is 135 Å². The molecule has 0 saturated carbocycles. The molecular formula is C42H77NO3. The standard InChI is InChI=1S/C42H77NO3/c1-3-5-7-9-10-11-12-13-14-15-16-17-18-19-20-21-22-23-24-25-26-27-28-29-30-31-32-34-36-38-42(46)43-40(39-44)41(45)37-35-33-8-6-4-2/h12-13,15-16,18-19,35,37,40-41,44-45H,3-11,14,17,20-34,36,38-39H2,1-2H3,(H,43,46)/b13-12-,16-15-,19-18-,37-35+. The van der Waals surface area contributed by atoms with Crippen LogP contribution < -0.4 is 5.32 Å². The second kappa shape index (κ2) is 37.8. The summed E-state index contributed by atoms with van der Waals surface area (Å²) in [6.45, 7) is 4.19. The second-order valence-corrected chi connectivity index (χ2v) is 13.3. The zero-order valence-corrected chi connectivity index (χ0v) is 30.6. The molecule has 3 N–H and O–H groups in total. The van der Waals surface area contributed by atoms with Gasteiger partial charge in [-0.1, -0.05) is 178 Å². The van der Waals surface area contributed by atoms with Crippen LogP contribution in [0.25, 0.3) is 0 Å². The average molecular weight is 644 g/mol. The fourth-order valence-corrected chi connectivity index (χ4v) is 5.71. The Morgan fingerprint density at radius 2 is 0.891 bits per heavy atom. The van der Waals surface area contributed by atoms with E-state index in [2.05, 4.69) is 55.6 Å². The number of aliphatic hydroxyl groups excluding tert-OH is 2. The summed E-state index contributed by atoms with van der Waals surface area (Å²) in [5.74, 6) is -0.0739. The van der Waals surface area contributed by atoms with E-state index in [1.54, 1.807) is 6.08 Å². The fraction of sp³-hybridized carbons (Fsp3) is 0.786. The third kappa shape index (κ3) is 33.7. The molecule has 0 saturated heterocycles. The Balaban J connectivity index is 3.44. The minimum atomic E-state index is -0.835. The van der Waals surface area contributed by atoms with Gasteiger partial charge < -0.3 is 15.5 Å². The lowest BCUT2D eigenvalue weighted by Crippen LogP contribution is -2.45. The molecule has 0 aliphatic rings. The van der Waals surface area contributed by atoms with Crippen LogP contribution in [-0.2, 0) is 4.79 Å². The van der Waals surface area contributed by atoms with Gasteiger partial charge in [0.15, 0.2) is 0 Å². The van der Waals surface area contributed by atoms with E-state index in [9.17, 15) is 15.0 Å². The number of hydrogen-bond acceptors (Lipinski definition) is 3. The largest absolute Gasteiger partial charge is 0.394 e. The molecule has 0 aliphatic carbocycles. The maximum Gasteiger partial charge on any atom is 0.220 e. The number of carbonyl (C=O) groups is 1. The van der Waals surface area contributed by atoms with Crippen molar-refractivity contribution in [2.24, 2.45) is 0 Å². The van der Waals surface area contributed by atoms with E-state index in [1.807, 2.05) is 6.08 Å². The average Bonchev–Trinajstić information content (AvgIpc) is 3.06. The molecule has 2 unspecified atom stereocenters. The molecule has 268 valence electrons. The Morgan fingerprint density at radius 3 is 1.37 bits per heavy atom. The minimum absolute atomic E-state index is 0.0739. The molecule has 0 spiro atoms. The molecule has 0 aromatic carbocycles. The quantitative estimate of drug-likeness (QED) is 0.0475. The van der Waals surface area contributed by atoms with Crippen LogP contribution in [0.5, 0.6) is 0 Å². The van der Waals surface area contributed by atoms with Crippen molar-refractivity contribution >= 4 is 5.91 Å². The number of hydrogen-bond donors (Lipinski definition) is 3. The number of carbonyl (C=O) groups excluding carboxylic acids is 1. The van der Waals surface area contributed by atoms with Crippen molar-refractivity contribution < 1.29 is 15.0 Å². The molecule has 1 amide bonds. The first-order chi connectivity index (χ1) is 22.7. The zero-order valence-electron chi connectivity index (χ0n) is 30.6. The molecule has 0 bridgehead atoms. The molecular weight excluding hydrogens is 566 g/mol. The number of nitrogens with one attached hydrogen (secondary N) is 1. The topological polar surface area (TPSA) is 69.6 Å². The lowest BCUT2D eigenvalue weighted by molar-refractivity contribution is -0.123. The Labute approximate surface area is 286 Å². The summed E-state index contributed by atoms with van der Waals surface area (Å²) in [5, 5.41) is 22.6. The van der Waals surface area contributed by atoms with Crippen LogP contribution in [0.15, 0.2) is 48.6 Å². The molecule has 0 aromatic rings. The lowest BCUT2D eigenvalue weighted by atomic mass is 10.0. The first-order valence-electron chi connectivity index (χ1n) is 19.9. The van der Waals surface area contributed by atoms with Crippen molar-refractivity contribution in [2.75, 3.05) is 6.61 Å². The van der Waals surface area contributed by atoms with Crippen molar-refractivity contribution in [1.82, 2.24) is 5.32 Å². The van der Waals surface area contributed by atoms with Crippen LogP contribution >= 0.6 is 0 Å². The highest BCUT2D eigenvalue weighted by molar-refractivity contribution is 5.76. The summed E-state index contributed by atoms with van der Waals surface area (Å²) in [5.41, 5.74) is 0. The monoisotopic (exact) mass is 644 g/mol. The van der Waals surface area contributed by atoms with Gasteiger partial charge in [-0.25, -0.2) is 0 Å². The molecule has 4 heteroatoms. The summed E-state index contributed by atoms with van der Waals surface area (Å²) in [6.07, 6.45) is 51.0. The van der Waals surface area contributed by atoms with E-state index in [4.69, 9.17) is 0 Å². The van der Waals surface area contributed by atoms with Crippen molar-refractivity contribution in [1.29, 1.82) is 0 Å². The molecule has 0 aromatic heterocycles. The van der Waals surface area contributed by atoms with Gasteiger partial charge in [0.1, 0.15) is 0 Å². The predicted molar refractivity (Wildman–Crippen MR) is 202 cm³/mol. The normalized spacial score (nSPS) is 13.6. The van der Waals surface area contributed by atoms with E-state index >= 15 is 0 Å². The maximum absolute atomic E-state index is 12.2. The summed E-state index contributed by atoms with van der Waals surface area (Å²) >= 11 is 0. The van der Waals surface area contributed by atoms with Gasteiger partial charge in [-0.15, -0.1) is 0 Å². The second-order valence-electron chi connectivity index (χ2n) is 13.3. The number of unbranched alkanes of at least 4 members (excludes halogenated alkanes) is 22. The summed E-state index contributed by atoms with van der Waals surface area (Å²) < 4.78 is 0. The van der Waals surface area contributed by atoms with Crippen LogP contribution in [-0.4, -0.2) is 34.9 Å². The summed E-state index contributed by atoms with van der Waals surface area (Å²) in [6, 6.07) is -0.618. The van der Waals surface area contributed by atoms with Gasteiger partial charge in [-0.2, -0.15) is 0 Å². The molecule has 46 heavy (non-hydrogen) atoms. The zero-order chi connectivity index (χ0) is 33.6. The van der Waals surface area contributed by atoms with Gasteiger partial charge in [0.05, 0.1) is 18.8 Å². The van der Waals surface area contributed by atoms with Gasteiger partial charge in [0.2, 0.25) is 5.91 Å². The van der Waals surface area contributed by atoms with E-state index in [-0.39, 0.29) is 12.5 Å². The van der Waals surface area contributed by atoms with Crippen molar-refractivity contribution in [3.8, 4) is 0 Å². The Hall–Kier alpha value is -1.65. The van der Waals surface area contributed by atoms with E-state index in [0.717, 1.165) is 38.5 Å². The molecule has 0 aliphatic heterocycles. The third-order valence-corrected chi connectivity index (χ3v) is 8.81. The van der Waals surface area contributed by atoms with Gasteiger partial charge in [-0.05, 0) is 57.8 Å². The smallest absolute Gasteiger partial charge is 0.220 e. The molecule has 2 atom stereocenters. The van der Waals surface area contributed by atoms with Crippen LogP contribution in [0.4, 0.5) is 0 Å². The number of allylic oxidation sites excluding steroid dienone is 7. The molecule has 0 heterocycles. The van der Waals surface area contributed by atoms with Crippen LogP contribution in [0.3, 0.4) is 0 Å². The number of rotatable bonds is 35. The van der Waals surface area contributed by atoms with Crippen molar-refractivity contribution in [2.45, 2.75) is 206 Å². The first-order valence-corrected chi connectivity index (χ1v) is 19.9. The first kappa shape index (κ1) is 44.4. The van der Waals surface area contributed by atoms with E-state index in [0.29, 0.717) is 6.42 Å². The predicted octanol–water partition coefficient (Wildman–Crippen LogP) is 12.0. The highest BCUT2D eigenvalue weighted by Crippen LogP contribution is 2.14. The molecule has 0 fully saturated rings. The van der Waals surface area contributed by atoms with Gasteiger partial charge in [-0.3, -0.25) is 4.79 Å². The Kier molecular flexibility index (Phi) is 36.4. The van der Waals surface area contributed by atoms with Gasteiger partial charge >= 0.3 is 0 Å². The molecule has 0 rings (SSSR count). The van der Waals surface area contributed by atoms with Gasteiger partial charge in [0.25, 0.3) is 0 Å². The van der Waals surface area contributed by atoms with E-state index < -0.39 is 12.1 Å². The minimum Gasteiger partial charge on any atom is -0.394 e. The summed E-state index contributed by atoms with van der Waals surface area (Å²) in [4.78, 5) is 12.2. The Bertz CT molecular complexity index is 741. The lowest BCUT2D eigenvalue weighted by Gasteiger charge is -2.20. The summed E-state index contributed by atoms with van der Waals surface area (Å²) in [7, 11) is 0. The maximum atomic E-state index is 12.2. The Morgan fingerprint density at radius 1 is 0.522 bits per heavy atom. The third-order valence-electron chi connectivity index (χ3n) is 8.81. The highest BCUT2D eigenvalue weighted by atomic mass is 16.3.